The van der Waals surface area contributed by atoms with E-state index in [0.717, 1.165) is 41.5 Å². The van der Waals surface area contributed by atoms with E-state index in [2.05, 4.69) is 56.7 Å². The lowest BCUT2D eigenvalue weighted by Crippen LogP contribution is -2.45. The predicted molar refractivity (Wildman–Crippen MR) is 137 cm³/mol. The number of phenols is 1. The number of imidazole rings is 1. The molecule has 0 unspecified atom stereocenters. The van der Waals surface area contributed by atoms with E-state index in [0.29, 0.717) is 11.7 Å². The molecule has 1 aliphatic heterocycles. The van der Waals surface area contributed by atoms with Crippen molar-refractivity contribution >= 4 is 11.8 Å². The summed E-state index contributed by atoms with van der Waals surface area (Å²) in [6.07, 6.45) is 14.2. The van der Waals surface area contributed by atoms with Crippen LogP contribution >= 0.6 is 11.8 Å². The van der Waals surface area contributed by atoms with Gasteiger partial charge in [-0.2, -0.15) is 0 Å². The number of H-pyrrole nitrogens is 1. The minimum Gasteiger partial charge on any atom is -0.508 e. The molecule has 0 spiro atoms. The third-order valence-electron chi connectivity index (χ3n) is 7.69. The number of aromatic hydroxyl groups is 1. The highest BCUT2D eigenvalue weighted by molar-refractivity contribution is 7.99. The number of hydrogen-bond acceptors (Lipinski definition) is 4. The maximum absolute atomic E-state index is 11.3. The number of benzene rings is 1. The van der Waals surface area contributed by atoms with Gasteiger partial charge in [0.25, 0.3) is 0 Å². The number of thioether (sulfide) groups is 1. The van der Waals surface area contributed by atoms with Crippen molar-refractivity contribution in [3.8, 4) is 11.5 Å². The van der Waals surface area contributed by atoms with Crippen LogP contribution in [0.5, 0.6) is 11.5 Å². The molecule has 5 heteroatoms. The summed E-state index contributed by atoms with van der Waals surface area (Å²) in [5, 5.41) is 12.2. The first kappa shape index (κ1) is 24.3. The van der Waals surface area contributed by atoms with Crippen molar-refractivity contribution < 1.29 is 9.84 Å². The number of phenolic OH excluding ortho intramolecular Hbond substituents is 1. The number of nitrogens with zero attached hydrogens (tertiary/aromatic N) is 1. The first-order valence-electron chi connectivity index (χ1n) is 12.6. The van der Waals surface area contributed by atoms with Gasteiger partial charge in [0.2, 0.25) is 0 Å². The van der Waals surface area contributed by atoms with Gasteiger partial charge in [-0.05, 0) is 56.2 Å². The normalized spacial score (nSPS) is 21.7. The molecule has 0 saturated heterocycles. The number of nitrogens with one attached hydrogen (secondary N) is 1. The lowest BCUT2D eigenvalue weighted by molar-refractivity contribution is 0.00745. The quantitative estimate of drug-likeness (QED) is 0.224. The van der Waals surface area contributed by atoms with E-state index in [9.17, 15) is 5.11 Å². The Morgan fingerprint density at radius 2 is 2.06 bits per heavy atom. The van der Waals surface area contributed by atoms with Crippen LogP contribution in [0.1, 0.15) is 96.6 Å². The summed E-state index contributed by atoms with van der Waals surface area (Å²) in [5.41, 5.74) is 3.38. The summed E-state index contributed by atoms with van der Waals surface area (Å²) >= 11 is 1.75. The highest BCUT2D eigenvalue weighted by Crippen LogP contribution is 2.55. The van der Waals surface area contributed by atoms with Gasteiger partial charge in [0.15, 0.2) is 5.16 Å². The average Bonchev–Trinajstić information content (AvgIpc) is 3.28. The fraction of sp³-hybridized carbons (Fsp3) is 0.607. The Balaban J connectivity index is 1.57. The largest absolute Gasteiger partial charge is 0.508 e. The van der Waals surface area contributed by atoms with Crippen molar-refractivity contribution in [1.82, 2.24) is 9.97 Å². The lowest BCUT2D eigenvalue weighted by atomic mass is 9.66. The number of allylic oxidation sites excluding steroid dienone is 1. The average molecular weight is 469 g/mol. The molecule has 4 rings (SSSR count). The van der Waals surface area contributed by atoms with E-state index >= 15 is 0 Å². The van der Waals surface area contributed by atoms with Gasteiger partial charge >= 0.3 is 0 Å². The molecule has 1 aromatic carbocycles. The summed E-state index contributed by atoms with van der Waals surface area (Å²) in [6, 6.07) is 4.25. The van der Waals surface area contributed by atoms with Gasteiger partial charge in [-0.1, -0.05) is 69.9 Å². The molecule has 2 aromatic rings. The second kappa shape index (κ2) is 9.77. The predicted octanol–water partition coefficient (Wildman–Crippen LogP) is 7.75. The number of aromatic amines is 1. The molecule has 0 amide bonds. The minimum atomic E-state index is -0.260. The standard InChI is InChI=1S/C28H40N2O2S/c1-6-7-8-9-12-27(2,3)20-16-23(31)25-21-15-19(18-33-26-29-13-14-30-26)10-11-22(21)28(4,5)32-24(25)17-20/h10,13-14,16-17,21-22,31H,6-9,11-12,15,18H2,1-5H3,(H,29,30)/t21-,22-/m0/s1. The molecule has 1 aliphatic carbocycles. The number of ether oxygens (including phenoxy) is 1. The van der Waals surface area contributed by atoms with E-state index in [1.807, 2.05) is 12.3 Å². The Hall–Kier alpha value is -1.88. The topological polar surface area (TPSA) is 58.1 Å². The Labute approximate surface area is 203 Å². The van der Waals surface area contributed by atoms with Crippen molar-refractivity contribution in [2.24, 2.45) is 5.92 Å². The van der Waals surface area contributed by atoms with Gasteiger partial charge in [0.05, 0.1) is 0 Å². The van der Waals surface area contributed by atoms with Crippen LogP contribution in [-0.4, -0.2) is 26.4 Å². The second-order valence-electron chi connectivity index (χ2n) is 11.0. The molecule has 0 fully saturated rings. The van der Waals surface area contributed by atoms with Crippen LogP contribution in [-0.2, 0) is 5.41 Å². The number of rotatable bonds is 9. The van der Waals surface area contributed by atoms with E-state index in [4.69, 9.17) is 4.74 Å². The smallest absolute Gasteiger partial charge is 0.165 e. The third kappa shape index (κ3) is 5.29. The molecule has 0 bridgehead atoms. The van der Waals surface area contributed by atoms with E-state index in [-0.39, 0.29) is 16.9 Å². The van der Waals surface area contributed by atoms with Crippen LogP contribution in [0.15, 0.2) is 41.3 Å². The lowest BCUT2D eigenvalue weighted by Gasteiger charge is -2.47. The highest BCUT2D eigenvalue weighted by Gasteiger charge is 2.46. The minimum absolute atomic E-state index is 0.0158. The van der Waals surface area contributed by atoms with Crippen LogP contribution in [0.25, 0.3) is 0 Å². The SMILES string of the molecule is CCCCCCC(C)(C)c1cc(O)c2c(c1)OC(C)(C)[C@H]1CC=C(CSc3ncc[nH]3)C[C@H]21. The maximum atomic E-state index is 11.3. The number of hydrogen-bond donors (Lipinski definition) is 2. The van der Waals surface area contributed by atoms with Crippen LogP contribution in [0.3, 0.4) is 0 Å². The van der Waals surface area contributed by atoms with Crippen molar-refractivity contribution in [2.45, 2.75) is 102 Å². The summed E-state index contributed by atoms with van der Waals surface area (Å²) in [7, 11) is 0. The summed E-state index contributed by atoms with van der Waals surface area (Å²) in [5.74, 6) is 2.87. The molecule has 4 nitrogen and oxygen atoms in total. The van der Waals surface area contributed by atoms with E-state index < -0.39 is 0 Å². The first-order chi connectivity index (χ1) is 15.7. The molecule has 2 atom stereocenters. The Kier molecular flexibility index (Phi) is 7.18. The Morgan fingerprint density at radius 1 is 1.24 bits per heavy atom. The molecular formula is C28H40N2O2S. The van der Waals surface area contributed by atoms with Gasteiger partial charge in [-0.25, -0.2) is 4.98 Å². The summed E-state index contributed by atoms with van der Waals surface area (Å²) in [4.78, 5) is 7.52. The van der Waals surface area contributed by atoms with Gasteiger partial charge < -0.3 is 14.8 Å². The molecule has 180 valence electrons. The molecule has 0 radical (unpaired) electrons. The zero-order chi connectivity index (χ0) is 23.6. The maximum Gasteiger partial charge on any atom is 0.165 e. The van der Waals surface area contributed by atoms with Crippen molar-refractivity contribution in [3.05, 3.63) is 47.3 Å². The van der Waals surface area contributed by atoms with E-state index in [1.54, 1.807) is 18.0 Å². The highest BCUT2D eigenvalue weighted by atomic mass is 32.2. The molecule has 0 saturated carbocycles. The Morgan fingerprint density at radius 3 is 2.79 bits per heavy atom. The van der Waals surface area contributed by atoms with Gasteiger partial charge in [0.1, 0.15) is 17.1 Å². The van der Waals surface area contributed by atoms with Crippen LogP contribution in [0.4, 0.5) is 0 Å². The fourth-order valence-corrected chi connectivity index (χ4v) is 6.45. The number of fused-ring (bicyclic) bond motifs is 3. The first-order valence-corrected chi connectivity index (χ1v) is 13.6. The van der Waals surface area contributed by atoms with E-state index in [1.165, 1.54) is 36.8 Å². The van der Waals surface area contributed by atoms with Gasteiger partial charge in [0, 0.05) is 35.5 Å². The monoisotopic (exact) mass is 468 g/mol. The van der Waals surface area contributed by atoms with Crippen LogP contribution in [0.2, 0.25) is 0 Å². The summed E-state index contributed by atoms with van der Waals surface area (Å²) < 4.78 is 6.59. The molecule has 33 heavy (non-hydrogen) atoms. The molecule has 2 aliphatic rings. The fourth-order valence-electron chi connectivity index (χ4n) is 5.60. The molecule has 2 N–H and O–H groups in total. The van der Waals surface area contributed by atoms with Crippen molar-refractivity contribution in [2.75, 3.05) is 5.75 Å². The molecule has 1 aromatic heterocycles. The molecule has 2 heterocycles. The second-order valence-corrected chi connectivity index (χ2v) is 12.0. The number of aromatic nitrogens is 2. The third-order valence-corrected chi connectivity index (χ3v) is 8.70. The van der Waals surface area contributed by atoms with Crippen molar-refractivity contribution in [1.29, 1.82) is 0 Å². The van der Waals surface area contributed by atoms with Crippen LogP contribution in [0, 0.1) is 5.92 Å². The zero-order valence-corrected chi connectivity index (χ0v) is 21.7. The zero-order valence-electron chi connectivity index (χ0n) is 20.9. The Bertz CT molecular complexity index is 978. The summed E-state index contributed by atoms with van der Waals surface area (Å²) in [6.45, 7) is 11.3. The molecular weight excluding hydrogens is 428 g/mol. The van der Waals surface area contributed by atoms with Gasteiger partial charge in [-0.15, -0.1) is 0 Å². The van der Waals surface area contributed by atoms with Crippen molar-refractivity contribution in [3.63, 3.8) is 0 Å². The number of unbranched alkanes of at least 4 members (excludes halogenated alkanes) is 3. The van der Waals surface area contributed by atoms with Gasteiger partial charge in [-0.3, -0.25) is 0 Å². The van der Waals surface area contributed by atoms with Crippen LogP contribution < -0.4 is 4.74 Å².